The fraction of sp³-hybridized carbons (Fsp3) is 0.0741. The minimum atomic E-state index is -1.27. The molecule has 8 nitrogen and oxygen atoms in total. The zero-order valence-electron chi connectivity index (χ0n) is 18.8. The molecule has 176 valence electrons. The molecule has 0 aliphatic carbocycles. The van der Waals surface area contributed by atoms with E-state index in [0.717, 1.165) is 16.5 Å². The van der Waals surface area contributed by atoms with Gasteiger partial charge >= 0.3 is 5.97 Å². The summed E-state index contributed by atoms with van der Waals surface area (Å²) in [5, 5.41) is 25.3. The summed E-state index contributed by atoms with van der Waals surface area (Å²) in [7, 11) is 0. The van der Waals surface area contributed by atoms with Crippen molar-refractivity contribution in [3.63, 3.8) is 0 Å². The molecule has 0 saturated heterocycles. The van der Waals surface area contributed by atoms with Gasteiger partial charge in [-0.1, -0.05) is 24.3 Å². The maximum absolute atomic E-state index is 12.8. The molecule has 0 aliphatic rings. The van der Waals surface area contributed by atoms with Gasteiger partial charge in [0, 0.05) is 29.4 Å². The van der Waals surface area contributed by atoms with Gasteiger partial charge in [-0.05, 0) is 77.5 Å². The van der Waals surface area contributed by atoms with Crippen molar-refractivity contribution in [2.24, 2.45) is 0 Å². The zero-order chi connectivity index (χ0) is 24.9. The van der Waals surface area contributed by atoms with E-state index >= 15 is 0 Å². The van der Waals surface area contributed by atoms with Crippen LogP contribution in [-0.4, -0.2) is 33.0 Å². The largest absolute Gasteiger partial charge is 0.508 e. The number of H-pyrrole nitrogens is 1. The van der Waals surface area contributed by atoms with Crippen LogP contribution in [0.2, 0.25) is 0 Å². The van der Waals surface area contributed by atoms with E-state index in [1.54, 1.807) is 55.6 Å². The average Bonchev–Trinajstić information content (AvgIpc) is 3.30. The van der Waals surface area contributed by atoms with E-state index in [4.69, 9.17) is 0 Å². The second kappa shape index (κ2) is 9.96. The number of aliphatic carboxylic acids is 1. The summed E-state index contributed by atoms with van der Waals surface area (Å²) >= 11 is 0. The minimum absolute atomic E-state index is 0.114. The Balaban J connectivity index is 1.47. The second-order valence-corrected chi connectivity index (χ2v) is 8.02. The lowest BCUT2D eigenvalue weighted by Crippen LogP contribution is -2.28. The number of aryl methyl sites for hydroxylation is 1. The first kappa shape index (κ1) is 23.3. The van der Waals surface area contributed by atoms with Gasteiger partial charge in [-0.25, -0.2) is 4.79 Å². The molecule has 8 heteroatoms. The first-order chi connectivity index (χ1) is 16.8. The molecule has 0 aliphatic heterocycles. The molecule has 2 amide bonds. The van der Waals surface area contributed by atoms with E-state index in [1.165, 1.54) is 18.2 Å². The van der Waals surface area contributed by atoms with E-state index in [1.807, 2.05) is 12.1 Å². The number of phenols is 1. The van der Waals surface area contributed by atoms with Gasteiger partial charge in [0.25, 0.3) is 11.8 Å². The van der Waals surface area contributed by atoms with Crippen LogP contribution >= 0.6 is 0 Å². The monoisotopic (exact) mass is 469 g/mol. The lowest BCUT2D eigenvalue weighted by molar-refractivity contribution is -0.132. The van der Waals surface area contributed by atoms with Crippen molar-refractivity contribution in [3.8, 4) is 5.75 Å². The smallest absolute Gasteiger partial charge is 0.352 e. The summed E-state index contributed by atoms with van der Waals surface area (Å²) in [4.78, 5) is 40.2. The number of aromatic amines is 1. The van der Waals surface area contributed by atoms with Crippen molar-refractivity contribution in [3.05, 3.63) is 106 Å². The number of aromatic nitrogens is 1. The summed E-state index contributed by atoms with van der Waals surface area (Å²) in [6.45, 7) is 1.90. The number of carboxylic acids is 1. The quantitative estimate of drug-likeness (QED) is 0.261. The highest BCUT2D eigenvalue weighted by molar-refractivity contribution is 6.04. The van der Waals surface area contributed by atoms with Gasteiger partial charge in [0.2, 0.25) is 0 Å². The third kappa shape index (κ3) is 5.56. The van der Waals surface area contributed by atoms with Crippen molar-refractivity contribution < 1.29 is 24.6 Å². The van der Waals surface area contributed by atoms with E-state index in [9.17, 15) is 24.6 Å². The number of carbonyl (C=O) groups excluding carboxylic acids is 2. The van der Waals surface area contributed by atoms with Gasteiger partial charge in [-0.3, -0.25) is 9.59 Å². The summed E-state index contributed by atoms with van der Waals surface area (Å²) in [6.07, 6.45) is 3.18. The predicted molar refractivity (Wildman–Crippen MR) is 132 cm³/mol. The highest BCUT2D eigenvalue weighted by Gasteiger charge is 2.17. The fourth-order valence-corrected chi connectivity index (χ4v) is 3.67. The van der Waals surface area contributed by atoms with Gasteiger partial charge in [-0.15, -0.1) is 0 Å². The van der Waals surface area contributed by atoms with Crippen molar-refractivity contribution >= 4 is 34.8 Å². The number of carboxylic acid groups (broad SMARTS) is 1. The minimum Gasteiger partial charge on any atom is -0.508 e. The Bertz CT molecular complexity index is 1470. The molecule has 1 aromatic heterocycles. The molecule has 5 N–H and O–H groups in total. The Hall–Kier alpha value is -4.85. The zero-order valence-corrected chi connectivity index (χ0v) is 18.8. The maximum atomic E-state index is 12.8. The molecule has 0 saturated carbocycles. The predicted octanol–water partition coefficient (Wildman–Crippen LogP) is 3.97. The number of hydrogen-bond donors (Lipinski definition) is 5. The number of amides is 2. The molecule has 4 aromatic rings. The van der Waals surface area contributed by atoms with Crippen molar-refractivity contribution in [2.45, 2.75) is 13.5 Å². The number of hydrogen-bond acceptors (Lipinski definition) is 4. The van der Waals surface area contributed by atoms with Gasteiger partial charge < -0.3 is 25.8 Å². The van der Waals surface area contributed by atoms with Gasteiger partial charge in [0.1, 0.15) is 11.4 Å². The molecule has 3 aromatic carbocycles. The van der Waals surface area contributed by atoms with E-state index in [0.29, 0.717) is 16.7 Å². The molecule has 0 radical (unpaired) electrons. The molecular formula is C27H23N3O5. The van der Waals surface area contributed by atoms with Gasteiger partial charge in [-0.2, -0.15) is 0 Å². The summed E-state index contributed by atoms with van der Waals surface area (Å²) in [5.74, 6) is -2.09. The summed E-state index contributed by atoms with van der Waals surface area (Å²) in [6, 6.07) is 18.4. The summed E-state index contributed by atoms with van der Waals surface area (Å²) in [5.41, 5.74) is 3.07. The molecule has 35 heavy (non-hydrogen) atoms. The first-order valence-corrected chi connectivity index (χ1v) is 10.8. The topological polar surface area (TPSA) is 132 Å². The van der Waals surface area contributed by atoms with Crippen LogP contribution in [0.1, 0.15) is 37.4 Å². The van der Waals surface area contributed by atoms with Gasteiger partial charge in [0.15, 0.2) is 0 Å². The SMILES string of the molecule is Cc1cc(C(=O)NCc2cccc(O)c2)ccc1C(=O)NC(=Cc1ccc2cc[nH]c2c1)C(=O)O. The fourth-order valence-electron chi connectivity index (χ4n) is 3.67. The maximum Gasteiger partial charge on any atom is 0.352 e. The Morgan fingerprint density at radius 3 is 2.54 bits per heavy atom. The molecule has 0 spiro atoms. The summed E-state index contributed by atoms with van der Waals surface area (Å²) < 4.78 is 0. The van der Waals surface area contributed by atoms with Crippen molar-refractivity contribution in [1.29, 1.82) is 0 Å². The highest BCUT2D eigenvalue weighted by atomic mass is 16.4. The third-order valence-corrected chi connectivity index (χ3v) is 5.47. The second-order valence-electron chi connectivity index (χ2n) is 8.02. The Morgan fingerprint density at radius 2 is 1.80 bits per heavy atom. The number of aromatic hydroxyl groups is 1. The Kier molecular flexibility index (Phi) is 6.64. The average molecular weight is 469 g/mol. The van der Waals surface area contributed by atoms with Crippen LogP contribution in [0.4, 0.5) is 0 Å². The molecule has 4 rings (SSSR count). The number of rotatable bonds is 7. The van der Waals surface area contributed by atoms with E-state index in [2.05, 4.69) is 15.6 Å². The lowest BCUT2D eigenvalue weighted by atomic mass is 10.0. The van der Waals surface area contributed by atoms with Crippen LogP contribution in [0.25, 0.3) is 17.0 Å². The van der Waals surface area contributed by atoms with E-state index in [-0.39, 0.29) is 29.5 Å². The van der Waals surface area contributed by atoms with E-state index < -0.39 is 11.9 Å². The Morgan fingerprint density at radius 1 is 0.971 bits per heavy atom. The molecular weight excluding hydrogens is 446 g/mol. The molecule has 0 fully saturated rings. The Labute approximate surface area is 200 Å². The van der Waals surface area contributed by atoms with Crippen LogP contribution in [0.5, 0.6) is 5.75 Å². The number of carbonyl (C=O) groups is 3. The molecule has 0 bridgehead atoms. The van der Waals surface area contributed by atoms with Crippen LogP contribution in [0, 0.1) is 6.92 Å². The number of nitrogens with one attached hydrogen (secondary N) is 3. The highest BCUT2D eigenvalue weighted by Crippen LogP contribution is 2.17. The van der Waals surface area contributed by atoms with Crippen molar-refractivity contribution in [1.82, 2.24) is 15.6 Å². The molecule has 0 unspecified atom stereocenters. The van der Waals surface area contributed by atoms with Crippen LogP contribution < -0.4 is 10.6 Å². The van der Waals surface area contributed by atoms with Crippen LogP contribution in [0.15, 0.2) is 78.6 Å². The normalized spacial score (nSPS) is 11.3. The standard InChI is InChI=1S/C27H23N3O5/c1-16-11-20(25(32)29-15-18-3-2-4-21(31)12-18)7-8-22(16)26(33)30-24(27(34)35)14-17-5-6-19-9-10-28-23(19)13-17/h2-14,28,31H,15H2,1H3,(H,29,32)(H,30,33)(H,34,35). The first-order valence-electron chi connectivity index (χ1n) is 10.8. The lowest BCUT2D eigenvalue weighted by Gasteiger charge is -2.11. The van der Waals surface area contributed by atoms with Gasteiger partial charge in [0.05, 0.1) is 0 Å². The molecule has 1 heterocycles. The third-order valence-electron chi connectivity index (χ3n) is 5.47. The number of phenolic OH excluding ortho intramolecular Hbond substituents is 1. The van der Waals surface area contributed by atoms with Crippen molar-refractivity contribution in [2.75, 3.05) is 0 Å². The molecule has 0 atom stereocenters. The number of fused-ring (bicyclic) bond motifs is 1. The number of benzene rings is 3. The van der Waals surface area contributed by atoms with Crippen LogP contribution in [-0.2, 0) is 11.3 Å². The van der Waals surface area contributed by atoms with Crippen LogP contribution in [0.3, 0.4) is 0 Å².